The summed E-state index contributed by atoms with van der Waals surface area (Å²) < 4.78 is 5.12. The molecule has 0 atom stereocenters. The zero-order valence-electron chi connectivity index (χ0n) is 10.0. The maximum absolute atomic E-state index is 11.7. The fourth-order valence-corrected chi connectivity index (χ4v) is 1.23. The van der Waals surface area contributed by atoms with Gasteiger partial charge in [0, 0.05) is 6.08 Å². The van der Waals surface area contributed by atoms with E-state index in [9.17, 15) is 4.79 Å². The SMILES string of the molecule is CC(C)COC(=O)c1cccc(/C=C/C#N)c1. The van der Waals surface area contributed by atoms with Crippen LogP contribution in [0.15, 0.2) is 30.3 Å². The number of rotatable bonds is 4. The van der Waals surface area contributed by atoms with Crippen LogP contribution in [-0.4, -0.2) is 12.6 Å². The highest BCUT2D eigenvalue weighted by molar-refractivity contribution is 5.90. The number of carbonyl (C=O) groups excluding carboxylic acids is 1. The molecule has 0 fully saturated rings. The molecule has 0 aromatic heterocycles. The van der Waals surface area contributed by atoms with Crippen LogP contribution in [0.5, 0.6) is 0 Å². The second-order valence-electron chi connectivity index (χ2n) is 4.08. The van der Waals surface area contributed by atoms with Crippen LogP contribution in [0.3, 0.4) is 0 Å². The van der Waals surface area contributed by atoms with E-state index in [1.54, 1.807) is 24.3 Å². The van der Waals surface area contributed by atoms with Crippen LogP contribution in [0.1, 0.15) is 29.8 Å². The molecule has 88 valence electrons. The Morgan fingerprint density at radius 2 is 2.29 bits per heavy atom. The molecule has 1 aromatic carbocycles. The van der Waals surface area contributed by atoms with Crippen molar-refractivity contribution in [1.82, 2.24) is 0 Å². The first-order valence-electron chi connectivity index (χ1n) is 5.47. The van der Waals surface area contributed by atoms with Gasteiger partial charge in [-0.05, 0) is 29.7 Å². The summed E-state index contributed by atoms with van der Waals surface area (Å²) in [5.41, 5.74) is 1.32. The van der Waals surface area contributed by atoms with Crippen molar-refractivity contribution in [2.45, 2.75) is 13.8 Å². The molecule has 0 N–H and O–H groups in total. The summed E-state index contributed by atoms with van der Waals surface area (Å²) in [5.74, 6) is -0.00785. The lowest BCUT2D eigenvalue weighted by Crippen LogP contribution is -2.10. The highest BCUT2D eigenvalue weighted by Gasteiger charge is 2.07. The van der Waals surface area contributed by atoms with Crippen LogP contribution in [0.2, 0.25) is 0 Å². The van der Waals surface area contributed by atoms with Gasteiger partial charge in [0.25, 0.3) is 0 Å². The number of hydrogen-bond donors (Lipinski definition) is 0. The van der Waals surface area contributed by atoms with E-state index in [1.165, 1.54) is 6.08 Å². The van der Waals surface area contributed by atoms with Crippen molar-refractivity contribution >= 4 is 12.0 Å². The summed E-state index contributed by atoms with van der Waals surface area (Å²) in [7, 11) is 0. The zero-order valence-corrected chi connectivity index (χ0v) is 10.0. The molecule has 1 rings (SSSR count). The van der Waals surface area contributed by atoms with Crippen LogP contribution in [-0.2, 0) is 4.74 Å². The van der Waals surface area contributed by atoms with Crippen molar-refractivity contribution in [1.29, 1.82) is 5.26 Å². The largest absolute Gasteiger partial charge is 0.462 e. The van der Waals surface area contributed by atoms with E-state index in [0.29, 0.717) is 18.1 Å². The highest BCUT2D eigenvalue weighted by Crippen LogP contribution is 2.09. The number of carbonyl (C=O) groups is 1. The Morgan fingerprint density at radius 3 is 2.94 bits per heavy atom. The van der Waals surface area contributed by atoms with Crippen LogP contribution < -0.4 is 0 Å². The van der Waals surface area contributed by atoms with Gasteiger partial charge in [0.05, 0.1) is 18.2 Å². The number of ether oxygens (including phenoxy) is 1. The van der Waals surface area contributed by atoms with Gasteiger partial charge in [-0.1, -0.05) is 26.0 Å². The van der Waals surface area contributed by atoms with E-state index in [-0.39, 0.29) is 5.97 Å². The Labute approximate surface area is 101 Å². The first kappa shape index (κ1) is 13.0. The topological polar surface area (TPSA) is 50.1 Å². The Bertz CT molecular complexity index is 456. The Kier molecular flexibility index (Phi) is 4.96. The first-order chi connectivity index (χ1) is 8.13. The van der Waals surface area contributed by atoms with Crippen molar-refractivity contribution in [2.24, 2.45) is 5.92 Å². The molecule has 17 heavy (non-hydrogen) atoms. The molecule has 0 saturated heterocycles. The quantitative estimate of drug-likeness (QED) is 0.589. The summed E-state index contributed by atoms with van der Waals surface area (Å²) in [5, 5.41) is 8.42. The highest BCUT2D eigenvalue weighted by atomic mass is 16.5. The summed E-state index contributed by atoms with van der Waals surface area (Å²) in [6, 6.07) is 8.91. The fraction of sp³-hybridized carbons (Fsp3) is 0.286. The van der Waals surface area contributed by atoms with E-state index in [1.807, 2.05) is 26.0 Å². The summed E-state index contributed by atoms with van der Waals surface area (Å²) in [6.07, 6.45) is 3.03. The molecular formula is C14H15NO2. The van der Waals surface area contributed by atoms with E-state index in [2.05, 4.69) is 0 Å². The number of benzene rings is 1. The monoisotopic (exact) mass is 229 g/mol. The molecule has 0 bridgehead atoms. The van der Waals surface area contributed by atoms with E-state index < -0.39 is 0 Å². The molecule has 0 aliphatic carbocycles. The van der Waals surface area contributed by atoms with Crippen molar-refractivity contribution in [3.05, 3.63) is 41.5 Å². The molecule has 0 amide bonds. The van der Waals surface area contributed by atoms with Crippen molar-refractivity contribution in [2.75, 3.05) is 6.61 Å². The van der Waals surface area contributed by atoms with Crippen LogP contribution in [0.4, 0.5) is 0 Å². The normalized spacial score (nSPS) is 10.5. The molecule has 0 aliphatic heterocycles. The average Bonchev–Trinajstić information content (AvgIpc) is 2.33. The minimum Gasteiger partial charge on any atom is -0.462 e. The number of hydrogen-bond acceptors (Lipinski definition) is 3. The molecule has 0 radical (unpaired) electrons. The fourth-order valence-electron chi connectivity index (χ4n) is 1.23. The van der Waals surface area contributed by atoms with Crippen molar-refractivity contribution in [3.63, 3.8) is 0 Å². The minimum absolute atomic E-state index is 0.320. The molecule has 1 aromatic rings. The second-order valence-corrected chi connectivity index (χ2v) is 4.08. The third-order valence-corrected chi connectivity index (χ3v) is 2.02. The summed E-state index contributed by atoms with van der Waals surface area (Å²) >= 11 is 0. The Balaban J connectivity index is 2.74. The number of allylic oxidation sites excluding steroid dienone is 1. The van der Waals surface area contributed by atoms with E-state index in [0.717, 1.165) is 5.56 Å². The summed E-state index contributed by atoms with van der Waals surface area (Å²) in [4.78, 5) is 11.7. The average molecular weight is 229 g/mol. The van der Waals surface area contributed by atoms with Gasteiger partial charge in [-0.25, -0.2) is 4.79 Å². The predicted molar refractivity (Wildman–Crippen MR) is 66.2 cm³/mol. The first-order valence-corrected chi connectivity index (χ1v) is 5.47. The number of nitrogens with zero attached hydrogens (tertiary/aromatic N) is 1. The number of esters is 1. The maximum atomic E-state index is 11.7. The molecular weight excluding hydrogens is 214 g/mol. The molecule has 3 nitrogen and oxygen atoms in total. The van der Waals surface area contributed by atoms with Gasteiger partial charge >= 0.3 is 5.97 Å². The smallest absolute Gasteiger partial charge is 0.338 e. The molecule has 0 heterocycles. The van der Waals surface area contributed by atoms with Gasteiger partial charge < -0.3 is 4.74 Å². The van der Waals surface area contributed by atoms with Gasteiger partial charge in [0.1, 0.15) is 0 Å². The maximum Gasteiger partial charge on any atom is 0.338 e. The van der Waals surface area contributed by atoms with Gasteiger partial charge in [0.15, 0.2) is 0 Å². The lowest BCUT2D eigenvalue weighted by molar-refractivity contribution is 0.0459. The van der Waals surface area contributed by atoms with E-state index in [4.69, 9.17) is 10.00 Å². The Morgan fingerprint density at radius 1 is 1.53 bits per heavy atom. The number of nitriles is 1. The second kappa shape index (κ2) is 6.49. The lowest BCUT2D eigenvalue weighted by Gasteiger charge is -2.07. The predicted octanol–water partition coefficient (Wildman–Crippen LogP) is 3.04. The van der Waals surface area contributed by atoms with Gasteiger partial charge in [-0.3, -0.25) is 0 Å². The molecule has 0 saturated carbocycles. The Hall–Kier alpha value is -2.08. The molecule has 0 unspecified atom stereocenters. The van der Waals surface area contributed by atoms with Gasteiger partial charge in [-0.2, -0.15) is 5.26 Å². The van der Waals surface area contributed by atoms with Crippen molar-refractivity contribution < 1.29 is 9.53 Å². The van der Waals surface area contributed by atoms with Gasteiger partial charge in [0.2, 0.25) is 0 Å². The molecule has 0 spiro atoms. The minimum atomic E-state index is -0.328. The molecule has 0 aliphatic rings. The van der Waals surface area contributed by atoms with Crippen LogP contribution in [0, 0.1) is 17.2 Å². The van der Waals surface area contributed by atoms with Crippen molar-refractivity contribution in [3.8, 4) is 6.07 Å². The van der Waals surface area contributed by atoms with E-state index >= 15 is 0 Å². The van der Waals surface area contributed by atoms with Gasteiger partial charge in [-0.15, -0.1) is 0 Å². The summed E-state index contributed by atoms with van der Waals surface area (Å²) in [6.45, 7) is 4.38. The standard InChI is InChI=1S/C14H15NO2/c1-11(2)10-17-14(16)13-7-3-5-12(9-13)6-4-8-15/h3-7,9,11H,10H2,1-2H3/b6-4+. The molecule has 3 heteroatoms. The zero-order chi connectivity index (χ0) is 12.7. The van der Waals surface area contributed by atoms with Crippen LogP contribution in [0.25, 0.3) is 6.08 Å². The third kappa shape index (κ3) is 4.52. The lowest BCUT2D eigenvalue weighted by atomic mass is 10.1. The van der Waals surface area contributed by atoms with Crippen LogP contribution >= 0.6 is 0 Å². The third-order valence-electron chi connectivity index (χ3n) is 2.02.